The fourth-order valence-electron chi connectivity index (χ4n) is 1.82. The summed E-state index contributed by atoms with van der Waals surface area (Å²) in [5.41, 5.74) is 0.677. The van der Waals surface area contributed by atoms with Gasteiger partial charge in [0.05, 0.1) is 11.6 Å². The van der Waals surface area contributed by atoms with E-state index in [0.717, 1.165) is 31.8 Å². The van der Waals surface area contributed by atoms with Crippen molar-refractivity contribution in [1.82, 2.24) is 0 Å². The molecular formula is C16H27O3-. The molecule has 0 saturated carbocycles. The first-order chi connectivity index (χ1) is 8.76. The first kappa shape index (κ1) is 17.9. The number of carbonyl (C=O) groups is 1. The normalized spacial score (nSPS) is 14.9. The fourth-order valence-corrected chi connectivity index (χ4v) is 1.82. The highest BCUT2D eigenvalue weighted by molar-refractivity contribution is 5.79. The van der Waals surface area contributed by atoms with E-state index >= 15 is 0 Å². The van der Waals surface area contributed by atoms with Crippen molar-refractivity contribution in [2.75, 3.05) is 7.11 Å². The van der Waals surface area contributed by atoms with Crippen LogP contribution >= 0.6 is 0 Å². The maximum absolute atomic E-state index is 10.3. The third-order valence-electron chi connectivity index (χ3n) is 3.29. The standard InChI is InChI=1S/C16H28O3/c1-13(10-7-11-16(3,4)19-5)8-6-9-14(2)12-15(17)18/h6,9,12-13H,7-8,10-11H2,1-5H3,(H,17,18)/p-1/b9-6+,14-12+. The summed E-state index contributed by atoms with van der Waals surface area (Å²) in [4.78, 5) is 10.3. The lowest BCUT2D eigenvalue weighted by molar-refractivity contribution is -0.297. The second-order valence-corrected chi connectivity index (χ2v) is 5.81. The Hall–Kier alpha value is -1.09. The van der Waals surface area contributed by atoms with Crippen LogP contribution in [0.3, 0.4) is 0 Å². The molecule has 1 unspecified atom stereocenters. The molecule has 0 radical (unpaired) electrons. The number of methoxy groups -OCH3 is 1. The van der Waals surface area contributed by atoms with Crippen LogP contribution < -0.4 is 5.11 Å². The first-order valence-corrected chi connectivity index (χ1v) is 6.88. The molecular weight excluding hydrogens is 240 g/mol. The number of carboxylic acids is 1. The van der Waals surface area contributed by atoms with Gasteiger partial charge in [0.2, 0.25) is 0 Å². The van der Waals surface area contributed by atoms with Gasteiger partial charge in [0, 0.05) is 7.11 Å². The molecule has 0 amide bonds. The van der Waals surface area contributed by atoms with E-state index in [0.29, 0.717) is 11.5 Å². The maximum Gasteiger partial charge on any atom is 0.0645 e. The summed E-state index contributed by atoms with van der Waals surface area (Å²) < 4.78 is 5.39. The van der Waals surface area contributed by atoms with Crippen LogP contribution in [0, 0.1) is 5.92 Å². The highest BCUT2D eigenvalue weighted by Crippen LogP contribution is 2.20. The van der Waals surface area contributed by atoms with Crippen molar-refractivity contribution < 1.29 is 14.6 Å². The number of hydrogen-bond donors (Lipinski definition) is 0. The first-order valence-electron chi connectivity index (χ1n) is 6.88. The number of carboxylic acid groups (broad SMARTS) is 1. The minimum Gasteiger partial charge on any atom is -0.545 e. The highest BCUT2D eigenvalue weighted by Gasteiger charge is 2.15. The minimum atomic E-state index is -1.14. The Morgan fingerprint density at radius 3 is 2.58 bits per heavy atom. The van der Waals surface area contributed by atoms with Gasteiger partial charge in [-0.05, 0) is 51.2 Å². The summed E-state index contributed by atoms with van der Waals surface area (Å²) in [6.45, 7) is 8.18. The van der Waals surface area contributed by atoms with Gasteiger partial charge in [0.15, 0.2) is 0 Å². The van der Waals surface area contributed by atoms with Gasteiger partial charge in [-0.15, -0.1) is 0 Å². The number of aliphatic carboxylic acids is 1. The second kappa shape index (κ2) is 8.92. The lowest BCUT2D eigenvalue weighted by Gasteiger charge is -2.23. The van der Waals surface area contributed by atoms with E-state index in [1.807, 2.05) is 12.2 Å². The quantitative estimate of drug-likeness (QED) is 0.477. The largest absolute Gasteiger partial charge is 0.545 e. The SMILES string of the molecule is COC(C)(C)CCCC(C)C/C=C/C(C)=C/C(=O)[O-]. The number of hydrogen-bond acceptors (Lipinski definition) is 3. The van der Waals surface area contributed by atoms with Crippen molar-refractivity contribution in [1.29, 1.82) is 0 Å². The van der Waals surface area contributed by atoms with Crippen molar-refractivity contribution in [3.05, 3.63) is 23.8 Å². The molecule has 110 valence electrons. The van der Waals surface area contributed by atoms with E-state index in [4.69, 9.17) is 4.74 Å². The van der Waals surface area contributed by atoms with Crippen LogP contribution in [0.15, 0.2) is 23.8 Å². The molecule has 0 aromatic carbocycles. The van der Waals surface area contributed by atoms with E-state index in [-0.39, 0.29) is 5.60 Å². The molecule has 0 saturated heterocycles. The third-order valence-corrected chi connectivity index (χ3v) is 3.29. The van der Waals surface area contributed by atoms with Crippen LogP contribution in [-0.4, -0.2) is 18.7 Å². The third kappa shape index (κ3) is 10.5. The number of ether oxygens (including phenoxy) is 1. The molecule has 0 N–H and O–H groups in total. The molecule has 0 aromatic rings. The zero-order valence-electron chi connectivity index (χ0n) is 12.9. The van der Waals surface area contributed by atoms with Crippen LogP contribution in [0.4, 0.5) is 0 Å². The maximum atomic E-state index is 10.3. The molecule has 0 aromatic heterocycles. The van der Waals surface area contributed by atoms with Crippen LogP contribution in [0.1, 0.15) is 53.4 Å². The molecule has 0 rings (SSSR count). The van der Waals surface area contributed by atoms with E-state index in [1.54, 1.807) is 14.0 Å². The van der Waals surface area contributed by atoms with Gasteiger partial charge in [-0.25, -0.2) is 0 Å². The van der Waals surface area contributed by atoms with Crippen molar-refractivity contribution in [3.8, 4) is 0 Å². The smallest absolute Gasteiger partial charge is 0.0645 e. The summed E-state index contributed by atoms with van der Waals surface area (Å²) in [5.74, 6) is -0.545. The summed E-state index contributed by atoms with van der Waals surface area (Å²) in [6.07, 6.45) is 9.30. The molecule has 1 atom stereocenters. The fraction of sp³-hybridized carbons (Fsp3) is 0.688. The molecule has 0 heterocycles. The average molecular weight is 267 g/mol. The summed E-state index contributed by atoms with van der Waals surface area (Å²) >= 11 is 0. The summed E-state index contributed by atoms with van der Waals surface area (Å²) in [6, 6.07) is 0. The number of carbonyl (C=O) groups excluding carboxylic acids is 1. The molecule has 0 aliphatic carbocycles. The zero-order chi connectivity index (χ0) is 14.9. The van der Waals surface area contributed by atoms with Gasteiger partial charge in [0.25, 0.3) is 0 Å². The summed E-state index contributed by atoms with van der Waals surface area (Å²) in [5, 5.41) is 10.3. The molecule has 0 fully saturated rings. The van der Waals surface area contributed by atoms with Gasteiger partial charge in [-0.3, -0.25) is 0 Å². The van der Waals surface area contributed by atoms with Crippen LogP contribution in [0.5, 0.6) is 0 Å². The topological polar surface area (TPSA) is 49.4 Å². The minimum absolute atomic E-state index is 0.0383. The zero-order valence-corrected chi connectivity index (χ0v) is 12.9. The van der Waals surface area contributed by atoms with Gasteiger partial charge in [-0.2, -0.15) is 0 Å². The number of rotatable bonds is 9. The Balaban J connectivity index is 3.91. The molecule has 0 spiro atoms. The predicted octanol–water partition coefficient (Wildman–Crippen LogP) is 2.86. The van der Waals surface area contributed by atoms with Gasteiger partial charge < -0.3 is 14.6 Å². The lowest BCUT2D eigenvalue weighted by atomic mass is 9.95. The van der Waals surface area contributed by atoms with E-state index in [2.05, 4.69) is 20.8 Å². The Labute approximate surface area is 117 Å². The molecule has 0 aliphatic rings. The Morgan fingerprint density at radius 2 is 2.05 bits per heavy atom. The van der Waals surface area contributed by atoms with Crippen molar-refractivity contribution in [3.63, 3.8) is 0 Å². The van der Waals surface area contributed by atoms with Gasteiger partial charge >= 0.3 is 0 Å². The Kier molecular flexibility index (Phi) is 8.41. The van der Waals surface area contributed by atoms with Gasteiger partial charge in [0.1, 0.15) is 0 Å². The monoisotopic (exact) mass is 267 g/mol. The Morgan fingerprint density at radius 1 is 1.42 bits per heavy atom. The lowest BCUT2D eigenvalue weighted by Crippen LogP contribution is -2.22. The van der Waals surface area contributed by atoms with Crippen molar-refractivity contribution in [2.24, 2.45) is 5.92 Å². The highest BCUT2D eigenvalue weighted by atomic mass is 16.5. The molecule has 0 aliphatic heterocycles. The Bertz CT molecular complexity index is 327. The molecule has 3 nitrogen and oxygen atoms in total. The second-order valence-electron chi connectivity index (χ2n) is 5.81. The van der Waals surface area contributed by atoms with E-state index < -0.39 is 5.97 Å². The van der Waals surface area contributed by atoms with E-state index in [9.17, 15) is 9.90 Å². The summed E-state index contributed by atoms with van der Waals surface area (Å²) in [7, 11) is 1.75. The van der Waals surface area contributed by atoms with Gasteiger partial charge in [-0.1, -0.05) is 31.9 Å². The van der Waals surface area contributed by atoms with Crippen molar-refractivity contribution >= 4 is 5.97 Å². The van der Waals surface area contributed by atoms with Crippen LogP contribution in [-0.2, 0) is 9.53 Å². The van der Waals surface area contributed by atoms with Crippen molar-refractivity contribution in [2.45, 2.75) is 59.0 Å². The van der Waals surface area contributed by atoms with E-state index in [1.165, 1.54) is 0 Å². The molecule has 19 heavy (non-hydrogen) atoms. The van der Waals surface area contributed by atoms with Crippen LogP contribution in [0.25, 0.3) is 0 Å². The molecule has 3 heteroatoms. The number of allylic oxidation sites excluding steroid dienone is 3. The predicted molar refractivity (Wildman–Crippen MR) is 76.6 cm³/mol. The molecule has 0 bridgehead atoms. The van der Waals surface area contributed by atoms with Crippen LogP contribution in [0.2, 0.25) is 0 Å². The average Bonchev–Trinajstić information content (AvgIpc) is 2.27.